The third-order valence-corrected chi connectivity index (χ3v) is 4.74. The molecular weight excluding hydrogens is 268 g/mol. The molecule has 2 N–H and O–H groups in total. The van der Waals surface area contributed by atoms with E-state index in [1.165, 1.54) is 4.88 Å². The third-order valence-electron chi connectivity index (χ3n) is 3.35. The summed E-state index contributed by atoms with van der Waals surface area (Å²) in [6.07, 6.45) is 3.89. The van der Waals surface area contributed by atoms with Crippen LogP contribution < -0.4 is 5.73 Å². The van der Waals surface area contributed by atoms with Gasteiger partial charge >= 0.3 is 0 Å². The van der Waals surface area contributed by atoms with Gasteiger partial charge in [-0.1, -0.05) is 11.6 Å². The number of aromatic nitrogens is 2. The van der Waals surface area contributed by atoms with Crippen LogP contribution >= 0.6 is 22.9 Å². The van der Waals surface area contributed by atoms with Gasteiger partial charge in [0.15, 0.2) is 0 Å². The number of rotatable bonds is 3. The normalized spacial score (nSPS) is 17.7. The summed E-state index contributed by atoms with van der Waals surface area (Å²) < 4.78 is 2.20. The first-order valence-electron chi connectivity index (χ1n) is 5.96. The molecule has 1 aliphatic heterocycles. The van der Waals surface area contributed by atoms with E-state index in [9.17, 15) is 0 Å². The van der Waals surface area contributed by atoms with E-state index >= 15 is 0 Å². The number of hydrogen-bond acceptors (Lipinski definition) is 4. The monoisotopic (exact) mass is 282 g/mol. The molecule has 1 unspecified atom stereocenters. The van der Waals surface area contributed by atoms with Crippen LogP contribution in [0.2, 0.25) is 5.02 Å². The fourth-order valence-electron chi connectivity index (χ4n) is 2.41. The van der Waals surface area contributed by atoms with Crippen LogP contribution in [0.3, 0.4) is 0 Å². The second-order valence-corrected chi connectivity index (χ2v) is 5.81. The maximum atomic E-state index is 6.00. The Bertz CT molecular complexity index is 536. The van der Waals surface area contributed by atoms with Gasteiger partial charge in [-0.25, -0.2) is 4.98 Å². The highest BCUT2D eigenvalue weighted by Crippen LogP contribution is 2.30. The Kier molecular flexibility index (Phi) is 3.39. The van der Waals surface area contributed by atoms with E-state index < -0.39 is 0 Å². The van der Waals surface area contributed by atoms with Crippen molar-refractivity contribution in [1.82, 2.24) is 14.5 Å². The van der Waals surface area contributed by atoms with Crippen molar-refractivity contribution >= 4 is 22.9 Å². The maximum absolute atomic E-state index is 6.00. The quantitative estimate of drug-likeness (QED) is 0.938. The Morgan fingerprint density at radius 2 is 2.39 bits per heavy atom. The summed E-state index contributed by atoms with van der Waals surface area (Å²) in [6.45, 7) is 3.44. The number of halogens is 1. The molecule has 0 aliphatic carbocycles. The summed E-state index contributed by atoms with van der Waals surface area (Å²) in [7, 11) is 0. The van der Waals surface area contributed by atoms with Crippen LogP contribution in [0.15, 0.2) is 23.8 Å². The Morgan fingerprint density at radius 1 is 1.50 bits per heavy atom. The molecule has 0 saturated carbocycles. The Hall–Kier alpha value is -0.880. The van der Waals surface area contributed by atoms with Gasteiger partial charge in [-0.15, -0.1) is 11.3 Å². The van der Waals surface area contributed by atoms with Gasteiger partial charge in [0, 0.05) is 42.3 Å². The SMILES string of the molecule is NCC(c1cc(Cl)cs1)N1CCn2ccnc2C1. The Balaban J connectivity index is 1.82. The summed E-state index contributed by atoms with van der Waals surface area (Å²) in [5.74, 6) is 1.11. The van der Waals surface area contributed by atoms with Crippen molar-refractivity contribution in [2.75, 3.05) is 13.1 Å². The predicted octanol–water partition coefficient (Wildman–Crippen LogP) is 2.11. The predicted molar refractivity (Wildman–Crippen MR) is 73.8 cm³/mol. The van der Waals surface area contributed by atoms with Crippen molar-refractivity contribution in [2.24, 2.45) is 5.73 Å². The van der Waals surface area contributed by atoms with Crippen LogP contribution in [0, 0.1) is 0 Å². The fourth-order valence-corrected chi connectivity index (χ4v) is 3.64. The van der Waals surface area contributed by atoms with Crippen molar-refractivity contribution < 1.29 is 0 Å². The lowest BCUT2D eigenvalue weighted by Gasteiger charge is -2.33. The fraction of sp³-hybridized carbons (Fsp3) is 0.417. The van der Waals surface area contributed by atoms with Crippen molar-refractivity contribution in [3.8, 4) is 0 Å². The minimum atomic E-state index is 0.243. The number of hydrogen-bond donors (Lipinski definition) is 1. The van der Waals surface area contributed by atoms with Gasteiger partial charge in [-0.3, -0.25) is 4.90 Å². The topological polar surface area (TPSA) is 47.1 Å². The second kappa shape index (κ2) is 5.01. The van der Waals surface area contributed by atoms with E-state index in [0.717, 1.165) is 30.5 Å². The lowest BCUT2D eigenvalue weighted by atomic mass is 10.2. The molecule has 96 valence electrons. The highest BCUT2D eigenvalue weighted by molar-refractivity contribution is 7.10. The lowest BCUT2D eigenvalue weighted by Crippen LogP contribution is -2.39. The number of nitrogens with zero attached hydrogens (tertiary/aromatic N) is 3. The largest absolute Gasteiger partial charge is 0.333 e. The molecule has 4 nitrogen and oxygen atoms in total. The first-order chi connectivity index (χ1) is 8.78. The zero-order valence-electron chi connectivity index (χ0n) is 9.92. The molecule has 3 rings (SSSR count). The third kappa shape index (κ3) is 2.19. The molecule has 1 atom stereocenters. The average molecular weight is 283 g/mol. The van der Waals surface area contributed by atoms with Crippen LogP contribution in [-0.2, 0) is 13.1 Å². The van der Waals surface area contributed by atoms with E-state index in [-0.39, 0.29) is 6.04 Å². The number of nitrogens with two attached hydrogens (primary N) is 1. The minimum Gasteiger partial charge on any atom is -0.333 e. The van der Waals surface area contributed by atoms with E-state index in [2.05, 4.69) is 14.5 Å². The van der Waals surface area contributed by atoms with Gasteiger partial charge in [0.2, 0.25) is 0 Å². The van der Waals surface area contributed by atoms with Crippen molar-refractivity contribution in [1.29, 1.82) is 0 Å². The molecule has 6 heteroatoms. The Labute approximate surface area is 115 Å². The zero-order chi connectivity index (χ0) is 12.5. The Morgan fingerprint density at radius 3 is 3.11 bits per heavy atom. The van der Waals surface area contributed by atoms with E-state index in [4.69, 9.17) is 17.3 Å². The molecule has 3 heterocycles. The molecule has 0 saturated heterocycles. The standard InChI is InChI=1S/C12H15ClN4S/c13-9-5-11(18-8-9)10(6-14)17-4-3-16-2-1-15-12(16)7-17/h1-2,5,8,10H,3-4,6-7,14H2. The smallest absolute Gasteiger partial charge is 0.122 e. The molecular formula is C12H15ClN4S. The molecule has 2 aromatic heterocycles. The molecule has 0 amide bonds. The average Bonchev–Trinajstić information content (AvgIpc) is 2.99. The molecule has 0 fully saturated rings. The van der Waals surface area contributed by atoms with Crippen LogP contribution in [0.1, 0.15) is 16.7 Å². The summed E-state index contributed by atoms with van der Waals surface area (Å²) in [5, 5.41) is 2.76. The number of imidazole rings is 1. The van der Waals surface area contributed by atoms with E-state index in [1.807, 2.05) is 23.8 Å². The molecule has 18 heavy (non-hydrogen) atoms. The van der Waals surface area contributed by atoms with Gasteiger partial charge in [0.25, 0.3) is 0 Å². The molecule has 0 bridgehead atoms. The molecule has 1 aliphatic rings. The summed E-state index contributed by atoms with van der Waals surface area (Å²) in [6, 6.07) is 2.26. The van der Waals surface area contributed by atoms with E-state index in [0.29, 0.717) is 6.54 Å². The van der Waals surface area contributed by atoms with Crippen molar-refractivity contribution in [2.45, 2.75) is 19.1 Å². The van der Waals surface area contributed by atoms with Crippen molar-refractivity contribution in [3.05, 3.63) is 39.6 Å². The first kappa shape index (κ1) is 12.2. The number of thiophene rings is 1. The van der Waals surface area contributed by atoms with Crippen LogP contribution in [0.25, 0.3) is 0 Å². The molecule has 0 radical (unpaired) electrons. The zero-order valence-corrected chi connectivity index (χ0v) is 11.5. The second-order valence-electron chi connectivity index (χ2n) is 4.43. The van der Waals surface area contributed by atoms with Gasteiger partial charge in [-0.2, -0.15) is 0 Å². The summed E-state index contributed by atoms with van der Waals surface area (Å²) >= 11 is 7.68. The molecule has 0 spiro atoms. The van der Waals surface area contributed by atoms with Crippen LogP contribution in [-0.4, -0.2) is 27.5 Å². The molecule has 2 aromatic rings. The van der Waals surface area contributed by atoms with E-state index in [1.54, 1.807) is 11.3 Å². The first-order valence-corrected chi connectivity index (χ1v) is 7.22. The minimum absolute atomic E-state index is 0.243. The highest BCUT2D eigenvalue weighted by Gasteiger charge is 2.25. The van der Waals surface area contributed by atoms with Gasteiger partial charge < -0.3 is 10.3 Å². The number of fused-ring (bicyclic) bond motifs is 1. The van der Waals surface area contributed by atoms with Gasteiger partial charge in [0.1, 0.15) is 5.82 Å². The van der Waals surface area contributed by atoms with Crippen LogP contribution in [0.4, 0.5) is 0 Å². The van der Waals surface area contributed by atoms with Gasteiger partial charge in [0.05, 0.1) is 17.6 Å². The maximum Gasteiger partial charge on any atom is 0.122 e. The lowest BCUT2D eigenvalue weighted by molar-refractivity contribution is 0.158. The summed E-state index contributed by atoms with van der Waals surface area (Å²) in [5.41, 5.74) is 5.93. The molecule has 0 aromatic carbocycles. The summed E-state index contributed by atoms with van der Waals surface area (Å²) in [4.78, 5) is 8.00. The van der Waals surface area contributed by atoms with Gasteiger partial charge in [-0.05, 0) is 6.07 Å². The van der Waals surface area contributed by atoms with Crippen molar-refractivity contribution in [3.63, 3.8) is 0 Å². The van der Waals surface area contributed by atoms with Crippen LogP contribution in [0.5, 0.6) is 0 Å². The highest BCUT2D eigenvalue weighted by atomic mass is 35.5.